The minimum atomic E-state index is -3.59. The van der Waals surface area contributed by atoms with Gasteiger partial charge in [0.2, 0.25) is 10.0 Å². The highest BCUT2D eigenvalue weighted by Crippen LogP contribution is 2.25. The summed E-state index contributed by atoms with van der Waals surface area (Å²) in [6, 6.07) is 6.40. The van der Waals surface area contributed by atoms with E-state index in [0.29, 0.717) is 38.3 Å². The molecule has 2 heterocycles. The van der Waals surface area contributed by atoms with E-state index in [9.17, 15) is 13.2 Å². The number of methoxy groups -OCH3 is 1. The van der Waals surface area contributed by atoms with E-state index in [-0.39, 0.29) is 16.7 Å². The number of nitrogens with zero attached hydrogens (tertiary/aromatic N) is 2. The molecule has 0 saturated carbocycles. The molecule has 1 aromatic carbocycles. The normalized spacial score (nSPS) is 21.7. The molecule has 0 aliphatic carbocycles. The Morgan fingerprint density at radius 1 is 1.31 bits per heavy atom. The molecular weight excluding hydrogens is 352 g/mol. The number of amides is 1. The number of rotatable bonds is 5. The first-order valence-corrected chi connectivity index (χ1v) is 10.4. The molecule has 142 valence electrons. The van der Waals surface area contributed by atoms with E-state index in [1.54, 1.807) is 30.2 Å². The summed E-state index contributed by atoms with van der Waals surface area (Å²) in [7, 11) is -1.96. The lowest BCUT2D eigenvalue weighted by Gasteiger charge is -2.25. The zero-order valence-electron chi connectivity index (χ0n) is 15.3. The van der Waals surface area contributed by atoms with Crippen molar-refractivity contribution in [1.29, 1.82) is 0 Å². The fraction of sp³-hybridized carbons (Fsp3) is 0.526. The molecule has 0 aromatic heterocycles. The molecule has 0 N–H and O–H groups in total. The van der Waals surface area contributed by atoms with Crippen molar-refractivity contribution in [1.82, 2.24) is 9.21 Å². The summed E-state index contributed by atoms with van der Waals surface area (Å²) in [6.07, 6.45) is 3.70. The van der Waals surface area contributed by atoms with Crippen LogP contribution in [0.1, 0.15) is 30.1 Å². The van der Waals surface area contributed by atoms with Crippen LogP contribution in [0.15, 0.2) is 40.8 Å². The molecule has 1 aromatic rings. The molecule has 1 saturated heterocycles. The summed E-state index contributed by atoms with van der Waals surface area (Å²) < 4.78 is 32.5. The van der Waals surface area contributed by atoms with E-state index in [1.165, 1.54) is 15.9 Å². The maximum absolute atomic E-state index is 12.9. The first-order chi connectivity index (χ1) is 12.4. The predicted octanol–water partition coefficient (Wildman–Crippen LogP) is 2.14. The number of sulfonamides is 1. The van der Waals surface area contributed by atoms with Crippen molar-refractivity contribution in [3.8, 4) is 0 Å². The van der Waals surface area contributed by atoms with Gasteiger partial charge in [-0.2, -0.15) is 4.31 Å². The summed E-state index contributed by atoms with van der Waals surface area (Å²) in [5.74, 6) is 0.104. The molecular formula is C19H26N2O4S. The third-order valence-electron chi connectivity index (χ3n) is 5.09. The van der Waals surface area contributed by atoms with E-state index in [4.69, 9.17) is 4.74 Å². The Balaban J connectivity index is 1.77. The highest BCUT2D eigenvalue weighted by Gasteiger charge is 2.33. The molecule has 0 radical (unpaired) electrons. The van der Waals surface area contributed by atoms with Gasteiger partial charge in [0.05, 0.1) is 11.5 Å². The van der Waals surface area contributed by atoms with Crippen molar-refractivity contribution in [2.45, 2.75) is 24.7 Å². The van der Waals surface area contributed by atoms with E-state index < -0.39 is 10.0 Å². The number of carbonyl (C=O) groups excluding carboxylic acids is 1. The summed E-state index contributed by atoms with van der Waals surface area (Å²) in [4.78, 5) is 14.7. The molecule has 2 aliphatic heterocycles. The molecule has 6 nitrogen and oxygen atoms in total. The number of benzene rings is 1. The average Bonchev–Trinajstić information content (AvgIpc) is 3.12. The second kappa shape index (κ2) is 7.90. The second-order valence-electron chi connectivity index (χ2n) is 7.05. The van der Waals surface area contributed by atoms with Gasteiger partial charge in [0.25, 0.3) is 5.91 Å². The number of hydrogen-bond donors (Lipinski definition) is 0. The minimum Gasteiger partial charge on any atom is -0.384 e. The number of ether oxygens (including phenoxy) is 1. The molecule has 1 unspecified atom stereocenters. The van der Waals surface area contributed by atoms with Crippen molar-refractivity contribution < 1.29 is 17.9 Å². The summed E-state index contributed by atoms with van der Waals surface area (Å²) in [6.45, 7) is 4.82. The Morgan fingerprint density at radius 3 is 2.81 bits per heavy atom. The highest BCUT2D eigenvalue weighted by atomic mass is 32.2. The van der Waals surface area contributed by atoms with Crippen LogP contribution in [0.25, 0.3) is 0 Å². The van der Waals surface area contributed by atoms with Crippen molar-refractivity contribution in [2.24, 2.45) is 5.92 Å². The van der Waals surface area contributed by atoms with E-state index in [1.807, 2.05) is 6.08 Å². The number of hydrogen-bond acceptors (Lipinski definition) is 4. The molecule has 1 atom stereocenters. The van der Waals surface area contributed by atoms with Gasteiger partial charge >= 0.3 is 0 Å². The Kier molecular flexibility index (Phi) is 5.79. The fourth-order valence-electron chi connectivity index (χ4n) is 3.46. The molecule has 2 aliphatic rings. The van der Waals surface area contributed by atoms with Crippen LogP contribution >= 0.6 is 0 Å². The van der Waals surface area contributed by atoms with Gasteiger partial charge in [0.15, 0.2) is 0 Å². The lowest BCUT2D eigenvalue weighted by Crippen LogP contribution is -2.35. The van der Waals surface area contributed by atoms with Gasteiger partial charge in [-0.3, -0.25) is 4.79 Å². The van der Waals surface area contributed by atoms with Gasteiger partial charge in [-0.1, -0.05) is 17.7 Å². The van der Waals surface area contributed by atoms with Crippen molar-refractivity contribution >= 4 is 15.9 Å². The molecule has 7 heteroatoms. The van der Waals surface area contributed by atoms with Gasteiger partial charge in [0.1, 0.15) is 0 Å². The van der Waals surface area contributed by atoms with Crippen molar-refractivity contribution in [3.05, 3.63) is 41.5 Å². The zero-order chi connectivity index (χ0) is 18.7. The SMILES string of the molecule is COCC1CCN(S(=O)(=O)c2cccc(C(=O)N3CC=C(C)CC3)c2)C1. The first kappa shape index (κ1) is 19.1. The van der Waals surface area contributed by atoms with Gasteiger partial charge in [-0.25, -0.2) is 8.42 Å². The Labute approximate surface area is 155 Å². The standard InChI is InChI=1S/C19H26N2O4S/c1-15-6-9-20(10-7-15)19(22)17-4-3-5-18(12-17)26(23,24)21-11-8-16(13-21)14-25-2/h3-6,12,16H,7-11,13-14H2,1-2H3. The lowest BCUT2D eigenvalue weighted by molar-refractivity contribution is 0.0769. The summed E-state index contributed by atoms with van der Waals surface area (Å²) in [5.41, 5.74) is 1.71. The zero-order valence-corrected chi connectivity index (χ0v) is 16.2. The largest absolute Gasteiger partial charge is 0.384 e. The van der Waals surface area contributed by atoms with Crippen LogP contribution in [0.2, 0.25) is 0 Å². The third-order valence-corrected chi connectivity index (χ3v) is 6.95. The monoisotopic (exact) mass is 378 g/mol. The minimum absolute atomic E-state index is 0.121. The highest BCUT2D eigenvalue weighted by molar-refractivity contribution is 7.89. The Hall–Kier alpha value is -1.70. The molecule has 0 bridgehead atoms. The van der Waals surface area contributed by atoms with Crippen LogP contribution in [0.3, 0.4) is 0 Å². The van der Waals surface area contributed by atoms with Crippen LogP contribution in [-0.2, 0) is 14.8 Å². The van der Waals surface area contributed by atoms with Crippen LogP contribution in [0.5, 0.6) is 0 Å². The van der Waals surface area contributed by atoms with Gasteiger partial charge in [0, 0.05) is 38.9 Å². The quantitative estimate of drug-likeness (QED) is 0.736. The van der Waals surface area contributed by atoms with Crippen LogP contribution in [-0.4, -0.2) is 63.4 Å². The Morgan fingerprint density at radius 2 is 2.12 bits per heavy atom. The molecule has 1 amide bonds. The number of carbonyl (C=O) groups is 1. The van der Waals surface area contributed by atoms with Crippen molar-refractivity contribution in [3.63, 3.8) is 0 Å². The summed E-state index contributed by atoms with van der Waals surface area (Å²) >= 11 is 0. The predicted molar refractivity (Wildman–Crippen MR) is 99.5 cm³/mol. The van der Waals surface area contributed by atoms with Gasteiger partial charge < -0.3 is 9.64 Å². The average molecular weight is 378 g/mol. The van der Waals surface area contributed by atoms with Gasteiger partial charge in [-0.05, 0) is 43.9 Å². The van der Waals surface area contributed by atoms with Crippen LogP contribution in [0, 0.1) is 5.92 Å². The molecule has 1 fully saturated rings. The molecule has 3 rings (SSSR count). The summed E-state index contributed by atoms with van der Waals surface area (Å²) in [5, 5.41) is 0. The van der Waals surface area contributed by atoms with E-state index in [0.717, 1.165) is 12.8 Å². The third kappa shape index (κ3) is 4.00. The molecule has 0 spiro atoms. The van der Waals surface area contributed by atoms with Gasteiger partial charge in [-0.15, -0.1) is 0 Å². The topological polar surface area (TPSA) is 66.9 Å². The molecule has 26 heavy (non-hydrogen) atoms. The van der Waals surface area contributed by atoms with Crippen LogP contribution in [0.4, 0.5) is 0 Å². The Bertz CT molecular complexity index is 804. The van der Waals surface area contributed by atoms with Crippen LogP contribution < -0.4 is 0 Å². The fourth-order valence-corrected chi connectivity index (χ4v) is 5.04. The van der Waals surface area contributed by atoms with E-state index >= 15 is 0 Å². The smallest absolute Gasteiger partial charge is 0.254 e. The second-order valence-corrected chi connectivity index (χ2v) is 8.99. The maximum atomic E-state index is 12.9. The lowest BCUT2D eigenvalue weighted by atomic mass is 10.1. The first-order valence-electron chi connectivity index (χ1n) is 8.96. The maximum Gasteiger partial charge on any atom is 0.254 e. The van der Waals surface area contributed by atoms with Crippen molar-refractivity contribution in [2.75, 3.05) is 39.9 Å². The van der Waals surface area contributed by atoms with E-state index in [2.05, 4.69) is 6.92 Å².